The first kappa shape index (κ1) is 16.9. The highest BCUT2D eigenvalue weighted by atomic mass is 35.5. The van der Waals surface area contributed by atoms with Crippen LogP contribution < -0.4 is 9.62 Å². The summed E-state index contributed by atoms with van der Waals surface area (Å²) in [7, 11) is -3.78. The lowest BCUT2D eigenvalue weighted by molar-refractivity contribution is 0.601. The number of hydrogen-bond acceptors (Lipinski definition) is 4. The number of pyridine rings is 1. The Labute approximate surface area is 157 Å². The van der Waals surface area contributed by atoms with Crippen molar-refractivity contribution < 1.29 is 8.42 Å². The Hall–Kier alpha value is -2.57. The summed E-state index contributed by atoms with van der Waals surface area (Å²) >= 11 is 5.99. The van der Waals surface area contributed by atoms with Crippen LogP contribution in [0.2, 0.25) is 5.02 Å². The van der Waals surface area contributed by atoms with E-state index in [4.69, 9.17) is 11.6 Å². The maximum Gasteiger partial charge on any atom is 0.264 e. The molecule has 1 aliphatic heterocycles. The summed E-state index contributed by atoms with van der Waals surface area (Å²) in [5, 5.41) is 0.172. The van der Waals surface area contributed by atoms with Gasteiger partial charge in [-0.05, 0) is 42.3 Å². The first-order valence-corrected chi connectivity index (χ1v) is 9.99. The second-order valence-electron chi connectivity index (χ2n) is 5.97. The number of rotatable bonds is 4. The van der Waals surface area contributed by atoms with E-state index in [1.807, 2.05) is 18.2 Å². The third-order valence-electron chi connectivity index (χ3n) is 4.31. The maximum atomic E-state index is 12.5. The van der Waals surface area contributed by atoms with Gasteiger partial charge in [0.15, 0.2) is 0 Å². The highest BCUT2D eigenvalue weighted by Crippen LogP contribution is 2.34. The normalized spacial score (nSPS) is 13.5. The number of hydrogen-bond donors (Lipinski definition) is 1. The summed E-state index contributed by atoms with van der Waals surface area (Å²) in [6, 6.07) is 18.1. The van der Waals surface area contributed by atoms with Crippen molar-refractivity contribution in [1.82, 2.24) is 4.98 Å². The molecular weight excluding hydrogens is 370 g/mol. The lowest BCUT2D eigenvalue weighted by atomic mass is 10.2. The van der Waals surface area contributed by atoms with Gasteiger partial charge in [-0.1, -0.05) is 41.9 Å². The molecule has 0 unspecified atom stereocenters. The molecule has 0 fully saturated rings. The molecule has 3 aromatic rings. The fourth-order valence-corrected chi connectivity index (χ4v) is 4.60. The second kappa shape index (κ2) is 6.63. The molecule has 4 rings (SSSR count). The molecule has 0 amide bonds. The average molecular weight is 386 g/mol. The van der Waals surface area contributed by atoms with Crippen molar-refractivity contribution in [3.8, 4) is 0 Å². The number of sulfonamides is 1. The van der Waals surface area contributed by atoms with E-state index in [2.05, 4.69) is 26.7 Å². The number of para-hydroxylation sites is 1. The van der Waals surface area contributed by atoms with Crippen LogP contribution >= 0.6 is 11.6 Å². The Kier molecular flexibility index (Phi) is 4.30. The Bertz CT molecular complexity index is 1050. The largest absolute Gasteiger partial charge is 0.340 e. The minimum absolute atomic E-state index is 0.0287. The van der Waals surface area contributed by atoms with Crippen molar-refractivity contribution in [2.24, 2.45) is 0 Å². The predicted octanol–water partition coefficient (Wildman–Crippen LogP) is 4.23. The van der Waals surface area contributed by atoms with Gasteiger partial charge in [-0.15, -0.1) is 0 Å². The zero-order chi connectivity index (χ0) is 18.1. The van der Waals surface area contributed by atoms with E-state index in [-0.39, 0.29) is 15.7 Å². The predicted molar refractivity (Wildman–Crippen MR) is 104 cm³/mol. The van der Waals surface area contributed by atoms with Crippen LogP contribution in [0.25, 0.3) is 0 Å². The molecule has 1 N–H and O–H groups in total. The summed E-state index contributed by atoms with van der Waals surface area (Å²) in [5.74, 6) is 0.251. The summed E-state index contributed by atoms with van der Waals surface area (Å²) < 4.78 is 27.4. The van der Waals surface area contributed by atoms with Gasteiger partial charge < -0.3 is 4.90 Å². The third kappa shape index (κ3) is 3.13. The topological polar surface area (TPSA) is 62.3 Å². The van der Waals surface area contributed by atoms with E-state index < -0.39 is 10.0 Å². The molecule has 2 heterocycles. The smallest absolute Gasteiger partial charge is 0.264 e. The van der Waals surface area contributed by atoms with Crippen molar-refractivity contribution in [1.29, 1.82) is 0 Å². The highest BCUT2D eigenvalue weighted by molar-refractivity contribution is 7.92. The molecule has 0 aliphatic carbocycles. The van der Waals surface area contributed by atoms with E-state index in [0.717, 1.165) is 18.7 Å². The monoisotopic (exact) mass is 385 g/mol. The molecule has 0 atom stereocenters. The summed E-state index contributed by atoms with van der Waals surface area (Å²) in [6.45, 7) is 0.881. The van der Waals surface area contributed by atoms with Crippen LogP contribution in [-0.2, 0) is 16.4 Å². The van der Waals surface area contributed by atoms with Gasteiger partial charge in [0.2, 0.25) is 0 Å². The Balaban J connectivity index is 1.57. The standard InChI is InChI=1S/C19H16ClN3O2S/c20-16-6-2-4-8-18(16)26(24,25)22-19-10-9-15(13-21-19)23-12-11-14-5-1-3-7-17(14)23/h1-10,13H,11-12H2,(H,21,22). The van der Waals surface area contributed by atoms with Crippen LogP contribution in [0.5, 0.6) is 0 Å². The molecule has 0 radical (unpaired) electrons. The summed E-state index contributed by atoms with van der Waals surface area (Å²) in [4.78, 5) is 6.47. The minimum Gasteiger partial charge on any atom is -0.340 e. The van der Waals surface area contributed by atoms with Gasteiger partial charge >= 0.3 is 0 Å². The van der Waals surface area contributed by atoms with Crippen molar-refractivity contribution in [2.45, 2.75) is 11.3 Å². The SMILES string of the molecule is O=S(=O)(Nc1ccc(N2CCc3ccccc32)cn1)c1ccccc1Cl. The number of fused-ring (bicyclic) bond motifs is 1. The van der Waals surface area contributed by atoms with Crippen LogP contribution in [0.4, 0.5) is 17.2 Å². The average Bonchev–Trinajstić information content (AvgIpc) is 3.06. The van der Waals surface area contributed by atoms with Crippen LogP contribution in [0, 0.1) is 0 Å². The van der Waals surface area contributed by atoms with Crippen LogP contribution in [0.1, 0.15) is 5.56 Å². The van der Waals surface area contributed by atoms with Gasteiger partial charge in [0.05, 0.1) is 16.9 Å². The zero-order valence-electron chi connectivity index (χ0n) is 13.8. The lowest BCUT2D eigenvalue weighted by Gasteiger charge is -2.19. The molecular formula is C19H16ClN3O2S. The first-order valence-electron chi connectivity index (χ1n) is 8.13. The Morgan fingerprint density at radius 1 is 1.00 bits per heavy atom. The van der Waals surface area contributed by atoms with Gasteiger partial charge in [0, 0.05) is 12.2 Å². The van der Waals surface area contributed by atoms with Gasteiger partial charge in [-0.2, -0.15) is 0 Å². The number of nitrogens with zero attached hydrogens (tertiary/aromatic N) is 2. The molecule has 1 aliphatic rings. The maximum absolute atomic E-state index is 12.5. The van der Waals surface area contributed by atoms with Crippen molar-refractivity contribution in [3.05, 3.63) is 77.4 Å². The molecule has 0 saturated heterocycles. The Morgan fingerprint density at radius 3 is 2.54 bits per heavy atom. The number of nitrogens with one attached hydrogen (secondary N) is 1. The fourth-order valence-electron chi connectivity index (χ4n) is 3.07. The number of aromatic nitrogens is 1. The van der Waals surface area contributed by atoms with Crippen molar-refractivity contribution >= 4 is 38.8 Å². The van der Waals surface area contributed by atoms with Crippen LogP contribution in [0.15, 0.2) is 71.8 Å². The first-order chi connectivity index (χ1) is 12.5. The highest BCUT2D eigenvalue weighted by Gasteiger charge is 2.21. The Morgan fingerprint density at radius 2 is 1.77 bits per heavy atom. The third-order valence-corrected chi connectivity index (χ3v) is 6.17. The lowest BCUT2D eigenvalue weighted by Crippen LogP contribution is -2.16. The molecule has 2 aromatic carbocycles. The van der Waals surface area contributed by atoms with E-state index in [9.17, 15) is 8.42 Å². The summed E-state index contributed by atoms with van der Waals surface area (Å²) in [5.41, 5.74) is 3.39. The zero-order valence-corrected chi connectivity index (χ0v) is 15.3. The van der Waals surface area contributed by atoms with Crippen molar-refractivity contribution in [2.75, 3.05) is 16.2 Å². The molecule has 26 heavy (non-hydrogen) atoms. The number of anilines is 3. The molecule has 1 aromatic heterocycles. The molecule has 0 bridgehead atoms. The van der Waals surface area contributed by atoms with E-state index in [1.54, 1.807) is 24.4 Å². The second-order valence-corrected chi connectivity index (χ2v) is 8.03. The molecule has 7 heteroatoms. The summed E-state index contributed by atoms with van der Waals surface area (Å²) in [6.07, 6.45) is 2.66. The van der Waals surface area contributed by atoms with E-state index in [1.165, 1.54) is 23.4 Å². The van der Waals surface area contributed by atoms with Gasteiger partial charge in [0.25, 0.3) is 10.0 Å². The van der Waals surface area contributed by atoms with Gasteiger partial charge in [-0.25, -0.2) is 13.4 Å². The van der Waals surface area contributed by atoms with E-state index >= 15 is 0 Å². The van der Waals surface area contributed by atoms with Crippen LogP contribution in [-0.4, -0.2) is 19.9 Å². The number of halogens is 1. The van der Waals surface area contributed by atoms with Crippen molar-refractivity contribution in [3.63, 3.8) is 0 Å². The van der Waals surface area contributed by atoms with Crippen LogP contribution in [0.3, 0.4) is 0 Å². The quantitative estimate of drug-likeness (QED) is 0.730. The van der Waals surface area contributed by atoms with Gasteiger partial charge in [-0.3, -0.25) is 4.72 Å². The fraction of sp³-hybridized carbons (Fsp3) is 0.105. The number of benzene rings is 2. The molecule has 5 nitrogen and oxygen atoms in total. The van der Waals surface area contributed by atoms with E-state index in [0.29, 0.717) is 0 Å². The molecule has 0 spiro atoms. The molecule has 0 saturated carbocycles. The van der Waals surface area contributed by atoms with Gasteiger partial charge in [0.1, 0.15) is 10.7 Å². The minimum atomic E-state index is -3.78. The molecule has 132 valence electrons.